The van der Waals surface area contributed by atoms with Crippen molar-refractivity contribution in [3.63, 3.8) is 0 Å². The molecule has 0 nitrogen and oxygen atoms in total. The molecule has 0 aromatic rings. The van der Waals surface area contributed by atoms with Gasteiger partial charge in [0.2, 0.25) is 0 Å². The van der Waals surface area contributed by atoms with Crippen LogP contribution in [0.5, 0.6) is 0 Å². The zero-order valence-electron chi connectivity index (χ0n) is 11.1. The Morgan fingerprint density at radius 1 is 1.00 bits per heavy atom. The van der Waals surface area contributed by atoms with E-state index in [9.17, 15) is 0 Å². The zero-order chi connectivity index (χ0) is 12.0. The summed E-state index contributed by atoms with van der Waals surface area (Å²) in [5.41, 5.74) is 0.898. The minimum Gasteiger partial charge on any atom is -0.0820 e. The second-order valence-electron chi connectivity index (χ2n) is 7.02. The van der Waals surface area contributed by atoms with Gasteiger partial charge in [-0.2, -0.15) is 0 Å². The van der Waals surface area contributed by atoms with Crippen LogP contribution in [0.25, 0.3) is 0 Å². The van der Waals surface area contributed by atoms with Gasteiger partial charge in [0.15, 0.2) is 0 Å². The predicted octanol–water partition coefficient (Wildman–Crippen LogP) is 5.36. The number of hydrogen-bond acceptors (Lipinski definition) is 0. The molecule has 0 radical (unpaired) electrons. The lowest BCUT2D eigenvalue weighted by Crippen LogP contribution is -2.34. The second-order valence-corrected chi connectivity index (χ2v) is 9.62. The van der Waals surface area contributed by atoms with Crippen molar-refractivity contribution in [2.45, 2.75) is 63.2 Å². The minimum atomic E-state index is 0.415. The molecule has 0 amide bonds. The number of halogens is 1. The molecule has 2 aliphatic rings. The molecule has 0 aromatic carbocycles. The average molecular weight is 332 g/mol. The lowest BCUT2D eigenvalue weighted by molar-refractivity contribution is 0.121. The zero-order valence-corrected chi connectivity index (χ0v) is 13.3. The number of hydrogen-bond donors (Lipinski definition) is 0. The molecule has 16 heavy (non-hydrogen) atoms. The van der Waals surface area contributed by atoms with Gasteiger partial charge in [0.05, 0.1) is 0 Å². The van der Waals surface area contributed by atoms with Crippen molar-refractivity contribution in [2.75, 3.05) is 0 Å². The summed E-state index contributed by atoms with van der Waals surface area (Å²) >= 11 is 2.68. The quantitative estimate of drug-likeness (QED) is 0.318. The summed E-state index contributed by atoms with van der Waals surface area (Å²) < 4.78 is 0.539. The van der Waals surface area contributed by atoms with Gasteiger partial charge in [-0.15, -0.1) is 0 Å². The topological polar surface area (TPSA) is 0 Å². The molecule has 0 bridgehead atoms. The molecule has 2 aliphatic carbocycles. The monoisotopic (exact) mass is 332 g/mol. The van der Waals surface area contributed by atoms with Crippen LogP contribution in [0.1, 0.15) is 59.8 Å². The van der Waals surface area contributed by atoms with Crippen LogP contribution >= 0.6 is 22.6 Å². The van der Waals surface area contributed by atoms with Gasteiger partial charge >= 0.3 is 0 Å². The minimum absolute atomic E-state index is 0.415. The lowest BCUT2D eigenvalue weighted by atomic mass is 9.64. The maximum absolute atomic E-state index is 2.68. The maximum Gasteiger partial charge on any atom is 0.0194 e. The van der Waals surface area contributed by atoms with Gasteiger partial charge in [0.1, 0.15) is 0 Å². The Bertz CT molecular complexity index is 301. The SMILES string of the molecule is CC1(C)C=C[C@]2(C)CCC[C@@](C)(I)CCC12. The molecule has 1 fully saturated rings. The number of alkyl halides is 1. The molecule has 1 unspecified atom stereocenters. The smallest absolute Gasteiger partial charge is 0.0194 e. The Morgan fingerprint density at radius 3 is 2.38 bits per heavy atom. The largest absolute Gasteiger partial charge is 0.0820 e. The van der Waals surface area contributed by atoms with Gasteiger partial charge in [0.25, 0.3) is 0 Å². The van der Waals surface area contributed by atoms with Gasteiger partial charge in [-0.05, 0) is 42.4 Å². The molecular formula is C15H25I. The lowest BCUT2D eigenvalue weighted by Gasteiger charge is -2.42. The van der Waals surface area contributed by atoms with Crippen molar-refractivity contribution in [2.24, 2.45) is 16.7 Å². The third-order valence-corrected chi connectivity index (χ3v) is 6.03. The van der Waals surface area contributed by atoms with E-state index in [2.05, 4.69) is 62.4 Å². The molecule has 92 valence electrons. The summed E-state index contributed by atoms with van der Waals surface area (Å²) in [5, 5.41) is 0. The van der Waals surface area contributed by atoms with Crippen LogP contribution in [-0.2, 0) is 0 Å². The molecule has 0 N–H and O–H groups in total. The van der Waals surface area contributed by atoms with Crippen LogP contribution in [0.3, 0.4) is 0 Å². The molecule has 0 saturated heterocycles. The van der Waals surface area contributed by atoms with Crippen LogP contribution < -0.4 is 0 Å². The third kappa shape index (κ3) is 2.34. The van der Waals surface area contributed by atoms with Gasteiger partial charge in [0, 0.05) is 3.42 Å². The van der Waals surface area contributed by atoms with Crippen LogP contribution in [0.2, 0.25) is 0 Å². The first-order valence-corrected chi connectivity index (χ1v) is 7.72. The van der Waals surface area contributed by atoms with Crippen molar-refractivity contribution in [1.29, 1.82) is 0 Å². The molecule has 2 rings (SSSR count). The summed E-state index contributed by atoms with van der Waals surface area (Å²) in [6.07, 6.45) is 12.0. The Hall–Kier alpha value is 0.470. The first kappa shape index (κ1) is 12.9. The highest BCUT2D eigenvalue weighted by molar-refractivity contribution is 14.1. The molecule has 1 saturated carbocycles. The van der Waals surface area contributed by atoms with Gasteiger partial charge in [-0.3, -0.25) is 0 Å². The van der Waals surface area contributed by atoms with Gasteiger partial charge < -0.3 is 0 Å². The summed E-state index contributed by atoms with van der Waals surface area (Å²) in [4.78, 5) is 0. The Kier molecular flexibility index (Phi) is 3.23. The summed E-state index contributed by atoms with van der Waals surface area (Å²) in [5.74, 6) is 0.856. The van der Waals surface area contributed by atoms with E-state index >= 15 is 0 Å². The van der Waals surface area contributed by atoms with E-state index in [1.165, 1.54) is 32.1 Å². The predicted molar refractivity (Wildman–Crippen MR) is 80.0 cm³/mol. The van der Waals surface area contributed by atoms with Crippen molar-refractivity contribution in [3.05, 3.63) is 12.2 Å². The maximum atomic E-state index is 2.68. The van der Waals surface area contributed by atoms with E-state index < -0.39 is 0 Å². The van der Waals surface area contributed by atoms with E-state index in [0.717, 1.165) is 5.92 Å². The van der Waals surface area contributed by atoms with Crippen molar-refractivity contribution in [3.8, 4) is 0 Å². The molecule has 1 heteroatoms. The fourth-order valence-electron chi connectivity index (χ4n) is 3.85. The van der Waals surface area contributed by atoms with Crippen molar-refractivity contribution < 1.29 is 0 Å². The van der Waals surface area contributed by atoms with Crippen LogP contribution in [0, 0.1) is 16.7 Å². The summed E-state index contributed by atoms with van der Waals surface area (Å²) in [6.45, 7) is 9.77. The van der Waals surface area contributed by atoms with Crippen LogP contribution in [-0.4, -0.2) is 3.42 Å². The van der Waals surface area contributed by atoms with Gasteiger partial charge in [-0.1, -0.05) is 68.9 Å². The van der Waals surface area contributed by atoms with Crippen molar-refractivity contribution in [1.82, 2.24) is 0 Å². The fourth-order valence-corrected chi connectivity index (χ4v) is 4.55. The van der Waals surface area contributed by atoms with E-state index in [-0.39, 0.29) is 0 Å². The second kappa shape index (κ2) is 4.00. The highest BCUT2D eigenvalue weighted by Crippen LogP contribution is 2.55. The highest BCUT2D eigenvalue weighted by Gasteiger charge is 2.46. The number of fused-ring (bicyclic) bond motifs is 1. The molecule has 0 aromatic heterocycles. The van der Waals surface area contributed by atoms with Crippen molar-refractivity contribution >= 4 is 22.6 Å². The Labute approximate surface area is 114 Å². The molecule has 0 aliphatic heterocycles. The third-order valence-electron chi connectivity index (χ3n) is 4.96. The first-order chi connectivity index (χ1) is 7.25. The summed E-state index contributed by atoms with van der Waals surface area (Å²) in [7, 11) is 0. The normalized spacial score (nSPS) is 47.2. The molecular weight excluding hydrogens is 307 g/mol. The Balaban J connectivity index is 2.20. The van der Waals surface area contributed by atoms with Crippen LogP contribution in [0.4, 0.5) is 0 Å². The summed E-state index contributed by atoms with van der Waals surface area (Å²) in [6, 6.07) is 0. The number of allylic oxidation sites excluding steroid dienone is 2. The highest BCUT2D eigenvalue weighted by atomic mass is 127. The molecule has 0 heterocycles. The molecule has 3 atom stereocenters. The van der Waals surface area contributed by atoms with E-state index in [1.807, 2.05) is 0 Å². The first-order valence-electron chi connectivity index (χ1n) is 6.65. The number of rotatable bonds is 0. The average Bonchev–Trinajstić information content (AvgIpc) is 2.33. The van der Waals surface area contributed by atoms with E-state index in [4.69, 9.17) is 0 Å². The van der Waals surface area contributed by atoms with E-state index in [0.29, 0.717) is 14.3 Å². The van der Waals surface area contributed by atoms with Crippen LogP contribution in [0.15, 0.2) is 12.2 Å². The van der Waals surface area contributed by atoms with Gasteiger partial charge in [-0.25, -0.2) is 0 Å². The Morgan fingerprint density at radius 2 is 1.69 bits per heavy atom. The van der Waals surface area contributed by atoms with E-state index in [1.54, 1.807) is 0 Å². The molecule has 0 spiro atoms. The standard InChI is InChI=1S/C15H25I/c1-13(2)10-11-14(3)7-5-8-15(4,16)9-6-12(13)14/h10-12H,5-9H2,1-4H3/t12?,14-,15+/m0/s1. The fraction of sp³-hybridized carbons (Fsp3) is 0.867.